The monoisotopic (exact) mass is 283 g/mol. The molecule has 106 valence electrons. The molecule has 1 fully saturated rings. The molecule has 1 saturated heterocycles. The third kappa shape index (κ3) is 2.17. The number of fused-ring (bicyclic) bond motifs is 1. The molecule has 2 aromatic heterocycles. The van der Waals surface area contributed by atoms with Crippen molar-refractivity contribution in [3.63, 3.8) is 0 Å². The molecule has 1 N–H and O–H groups in total. The molecular formula is C15H14FN5. The van der Waals surface area contributed by atoms with Crippen molar-refractivity contribution in [2.45, 2.75) is 18.9 Å². The Hall–Kier alpha value is -2.34. The molecule has 1 aliphatic heterocycles. The predicted octanol–water partition coefficient (Wildman–Crippen LogP) is 2.35. The van der Waals surface area contributed by atoms with Gasteiger partial charge in [0.15, 0.2) is 11.5 Å². The lowest BCUT2D eigenvalue weighted by Crippen LogP contribution is -2.16. The second-order valence-corrected chi connectivity index (χ2v) is 5.20. The van der Waals surface area contributed by atoms with E-state index in [9.17, 15) is 4.39 Å². The Morgan fingerprint density at radius 1 is 1.10 bits per heavy atom. The van der Waals surface area contributed by atoms with Gasteiger partial charge in [-0.3, -0.25) is 0 Å². The van der Waals surface area contributed by atoms with E-state index in [2.05, 4.69) is 20.6 Å². The van der Waals surface area contributed by atoms with E-state index in [-0.39, 0.29) is 11.9 Å². The summed E-state index contributed by atoms with van der Waals surface area (Å²) in [5.74, 6) is 0.589. The van der Waals surface area contributed by atoms with Gasteiger partial charge in [-0.25, -0.2) is 4.39 Å². The highest BCUT2D eigenvalue weighted by molar-refractivity contribution is 5.60. The molecule has 4 rings (SSSR count). The van der Waals surface area contributed by atoms with E-state index in [1.54, 1.807) is 16.6 Å². The zero-order valence-electron chi connectivity index (χ0n) is 11.3. The van der Waals surface area contributed by atoms with Crippen LogP contribution in [-0.4, -0.2) is 26.4 Å². The third-order valence-electron chi connectivity index (χ3n) is 3.80. The molecule has 5 nitrogen and oxygen atoms in total. The van der Waals surface area contributed by atoms with Crippen molar-refractivity contribution < 1.29 is 4.39 Å². The molecule has 21 heavy (non-hydrogen) atoms. The lowest BCUT2D eigenvalue weighted by molar-refractivity contribution is 0.585. The fraction of sp³-hybridized carbons (Fsp3) is 0.267. The molecule has 6 heteroatoms. The number of benzene rings is 1. The van der Waals surface area contributed by atoms with E-state index in [0.29, 0.717) is 0 Å². The van der Waals surface area contributed by atoms with Crippen LogP contribution in [0.5, 0.6) is 0 Å². The van der Waals surface area contributed by atoms with Crippen molar-refractivity contribution in [1.82, 2.24) is 25.1 Å². The van der Waals surface area contributed by atoms with Gasteiger partial charge >= 0.3 is 0 Å². The fourth-order valence-electron chi connectivity index (χ4n) is 2.70. The molecule has 0 spiro atoms. The van der Waals surface area contributed by atoms with Gasteiger partial charge in [0.1, 0.15) is 5.82 Å². The SMILES string of the molecule is Fc1ccc(-c2ccc3nnc([C@@H]4CCCN4)n3n2)cc1. The van der Waals surface area contributed by atoms with Crippen molar-refractivity contribution in [1.29, 1.82) is 0 Å². The summed E-state index contributed by atoms with van der Waals surface area (Å²) in [5.41, 5.74) is 2.38. The highest BCUT2D eigenvalue weighted by Gasteiger charge is 2.22. The first kappa shape index (κ1) is 12.4. The van der Waals surface area contributed by atoms with E-state index < -0.39 is 0 Å². The molecule has 0 amide bonds. The number of rotatable bonds is 2. The van der Waals surface area contributed by atoms with Crippen LogP contribution >= 0.6 is 0 Å². The van der Waals surface area contributed by atoms with Crippen LogP contribution in [0.25, 0.3) is 16.9 Å². The largest absolute Gasteiger partial charge is 0.307 e. The fourth-order valence-corrected chi connectivity index (χ4v) is 2.70. The average Bonchev–Trinajstić information content (AvgIpc) is 3.16. The first-order chi connectivity index (χ1) is 10.3. The number of hydrogen-bond donors (Lipinski definition) is 1. The van der Waals surface area contributed by atoms with Crippen molar-refractivity contribution >= 4 is 5.65 Å². The molecule has 3 aromatic rings. The van der Waals surface area contributed by atoms with Gasteiger partial charge in [0.2, 0.25) is 0 Å². The van der Waals surface area contributed by atoms with Crippen LogP contribution < -0.4 is 5.32 Å². The standard InChI is InChI=1S/C15H14FN5/c16-11-5-3-10(4-6-11)12-7-8-14-18-19-15(21(14)20-12)13-2-1-9-17-13/h3-8,13,17H,1-2,9H2/t13-/m0/s1. The van der Waals surface area contributed by atoms with Crippen LogP contribution in [0.3, 0.4) is 0 Å². The lowest BCUT2D eigenvalue weighted by Gasteiger charge is -2.08. The van der Waals surface area contributed by atoms with E-state index >= 15 is 0 Å². The number of hydrogen-bond acceptors (Lipinski definition) is 4. The Bertz CT molecular complexity index is 774. The first-order valence-corrected chi connectivity index (χ1v) is 7.03. The molecule has 0 saturated carbocycles. The Kier molecular flexibility index (Phi) is 2.89. The molecule has 1 aromatic carbocycles. The number of nitrogens with one attached hydrogen (secondary N) is 1. The smallest absolute Gasteiger partial charge is 0.178 e. The maximum absolute atomic E-state index is 13.0. The van der Waals surface area contributed by atoms with E-state index in [1.807, 2.05) is 12.1 Å². The van der Waals surface area contributed by atoms with Crippen LogP contribution in [-0.2, 0) is 0 Å². The molecule has 0 bridgehead atoms. The minimum Gasteiger partial charge on any atom is -0.307 e. The normalized spacial score (nSPS) is 18.4. The Balaban J connectivity index is 1.80. The highest BCUT2D eigenvalue weighted by Crippen LogP contribution is 2.23. The summed E-state index contributed by atoms with van der Waals surface area (Å²) >= 11 is 0. The van der Waals surface area contributed by atoms with Crippen LogP contribution in [0.4, 0.5) is 4.39 Å². The number of aromatic nitrogens is 4. The van der Waals surface area contributed by atoms with Crippen molar-refractivity contribution in [3.05, 3.63) is 48.0 Å². The Morgan fingerprint density at radius 2 is 1.95 bits per heavy atom. The summed E-state index contributed by atoms with van der Waals surface area (Å²) < 4.78 is 14.8. The summed E-state index contributed by atoms with van der Waals surface area (Å²) in [4.78, 5) is 0. The van der Waals surface area contributed by atoms with Gasteiger partial charge in [-0.05, 0) is 55.8 Å². The Labute approximate surface area is 120 Å². The molecule has 0 unspecified atom stereocenters. The van der Waals surface area contributed by atoms with Crippen molar-refractivity contribution in [3.8, 4) is 11.3 Å². The number of halogens is 1. The summed E-state index contributed by atoms with van der Waals surface area (Å²) in [5, 5.41) is 16.4. The molecule has 3 heterocycles. The summed E-state index contributed by atoms with van der Waals surface area (Å²) in [6, 6.07) is 10.3. The van der Waals surface area contributed by atoms with Gasteiger partial charge in [0.25, 0.3) is 0 Å². The molecular weight excluding hydrogens is 269 g/mol. The molecule has 0 radical (unpaired) electrons. The van der Waals surface area contributed by atoms with E-state index in [1.165, 1.54) is 12.1 Å². The van der Waals surface area contributed by atoms with E-state index in [4.69, 9.17) is 0 Å². The molecule has 0 aliphatic carbocycles. The van der Waals surface area contributed by atoms with Gasteiger partial charge in [-0.15, -0.1) is 10.2 Å². The minimum atomic E-state index is -0.250. The maximum Gasteiger partial charge on any atom is 0.178 e. The van der Waals surface area contributed by atoms with Crippen molar-refractivity contribution in [2.24, 2.45) is 0 Å². The average molecular weight is 283 g/mol. The highest BCUT2D eigenvalue weighted by atomic mass is 19.1. The zero-order chi connectivity index (χ0) is 14.2. The van der Waals surface area contributed by atoms with Gasteiger partial charge in [-0.1, -0.05) is 0 Å². The third-order valence-corrected chi connectivity index (χ3v) is 3.80. The maximum atomic E-state index is 13.0. The number of nitrogens with zero attached hydrogens (tertiary/aromatic N) is 4. The topological polar surface area (TPSA) is 55.1 Å². The van der Waals surface area contributed by atoms with Crippen LogP contribution in [0.15, 0.2) is 36.4 Å². The summed E-state index contributed by atoms with van der Waals surface area (Å²) in [6.45, 7) is 0.997. The predicted molar refractivity (Wildman–Crippen MR) is 76.2 cm³/mol. The Morgan fingerprint density at radius 3 is 2.71 bits per heavy atom. The van der Waals surface area contributed by atoms with Gasteiger partial charge in [-0.2, -0.15) is 9.61 Å². The second-order valence-electron chi connectivity index (χ2n) is 5.20. The van der Waals surface area contributed by atoms with Crippen LogP contribution in [0.2, 0.25) is 0 Å². The molecule has 1 atom stereocenters. The van der Waals surface area contributed by atoms with E-state index in [0.717, 1.165) is 42.1 Å². The zero-order valence-corrected chi connectivity index (χ0v) is 11.3. The lowest BCUT2D eigenvalue weighted by atomic mass is 10.1. The first-order valence-electron chi connectivity index (χ1n) is 7.03. The van der Waals surface area contributed by atoms with Gasteiger partial charge < -0.3 is 5.32 Å². The van der Waals surface area contributed by atoms with Crippen LogP contribution in [0, 0.1) is 5.82 Å². The quantitative estimate of drug-likeness (QED) is 0.784. The van der Waals surface area contributed by atoms with Gasteiger partial charge in [0.05, 0.1) is 11.7 Å². The van der Waals surface area contributed by atoms with Crippen LogP contribution in [0.1, 0.15) is 24.7 Å². The second kappa shape index (κ2) is 4.89. The summed E-state index contributed by atoms with van der Waals surface area (Å²) in [6.07, 6.45) is 2.18. The molecule has 1 aliphatic rings. The van der Waals surface area contributed by atoms with Crippen molar-refractivity contribution in [2.75, 3.05) is 6.54 Å². The van der Waals surface area contributed by atoms with Gasteiger partial charge in [0, 0.05) is 5.56 Å². The minimum absolute atomic E-state index is 0.205. The summed E-state index contributed by atoms with van der Waals surface area (Å²) in [7, 11) is 0.